The molecule has 1 saturated heterocycles. The lowest BCUT2D eigenvalue weighted by Crippen LogP contribution is -2.32. The molecule has 2 rings (SSSR count). The van der Waals surface area contributed by atoms with Gasteiger partial charge in [-0.15, -0.1) is 5.10 Å². The van der Waals surface area contributed by atoms with E-state index in [1.807, 2.05) is 41.5 Å². The first kappa shape index (κ1) is 15.0. The van der Waals surface area contributed by atoms with Gasteiger partial charge in [-0.1, -0.05) is 19.1 Å². The number of carboxylic acids is 1. The second-order valence-corrected chi connectivity index (χ2v) is 6.91. The Kier molecular flexibility index (Phi) is 3.40. The van der Waals surface area contributed by atoms with Crippen LogP contribution in [0.2, 0.25) is 0 Å². The zero-order valence-corrected chi connectivity index (χ0v) is 13.0. The van der Waals surface area contributed by atoms with E-state index in [0.717, 1.165) is 6.42 Å². The number of hydrogen-bond acceptors (Lipinski definition) is 4. The van der Waals surface area contributed by atoms with Gasteiger partial charge in [0, 0.05) is 6.42 Å². The number of hydrogen-bond donors (Lipinski definition) is 1. The standard InChI is InChI=1S/C14H23N3O3/c1-8(2)11-10(12(18)19)15-16-17(11)9-7-13(3,4)20-14(9,5)6/h8-9H,7H2,1-6H3,(H,18,19). The monoisotopic (exact) mass is 281 g/mol. The van der Waals surface area contributed by atoms with Crippen LogP contribution in [0.3, 0.4) is 0 Å². The van der Waals surface area contributed by atoms with Gasteiger partial charge in [0.25, 0.3) is 0 Å². The quantitative estimate of drug-likeness (QED) is 0.921. The van der Waals surface area contributed by atoms with E-state index < -0.39 is 11.6 Å². The Morgan fingerprint density at radius 2 is 2.00 bits per heavy atom. The third-order valence-corrected chi connectivity index (χ3v) is 3.80. The molecule has 1 atom stereocenters. The highest BCUT2D eigenvalue weighted by atomic mass is 16.5. The van der Waals surface area contributed by atoms with Crippen LogP contribution >= 0.6 is 0 Å². The largest absolute Gasteiger partial charge is 0.476 e. The predicted octanol–water partition coefficient (Wildman–Crippen LogP) is 2.62. The van der Waals surface area contributed by atoms with Gasteiger partial charge in [-0.05, 0) is 33.6 Å². The summed E-state index contributed by atoms with van der Waals surface area (Å²) in [5.74, 6) is -0.994. The van der Waals surface area contributed by atoms with Crippen molar-refractivity contribution in [1.82, 2.24) is 15.0 Å². The van der Waals surface area contributed by atoms with Crippen molar-refractivity contribution in [3.63, 3.8) is 0 Å². The molecule has 1 N–H and O–H groups in total. The van der Waals surface area contributed by atoms with E-state index in [0.29, 0.717) is 5.69 Å². The lowest BCUT2D eigenvalue weighted by molar-refractivity contribution is -0.0741. The second kappa shape index (κ2) is 4.55. The summed E-state index contributed by atoms with van der Waals surface area (Å²) >= 11 is 0. The maximum absolute atomic E-state index is 11.3. The van der Waals surface area contributed by atoms with Crippen molar-refractivity contribution >= 4 is 5.97 Å². The molecule has 1 aromatic heterocycles. The lowest BCUT2D eigenvalue weighted by atomic mass is 9.93. The molecule has 1 unspecified atom stereocenters. The van der Waals surface area contributed by atoms with Gasteiger partial charge in [0.05, 0.1) is 22.9 Å². The SMILES string of the molecule is CC(C)c1c(C(=O)O)nnn1C1CC(C)(C)OC1(C)C. The Bertz CT molecular complexity index is 532. The van der Waals surface area contributed by atoms with E-state index in [-0.39, 0.29) is 23.3 Å². The van der Waals surface area contributed by atoms with Gasteiger partial charge < -0.3 is 9.84 Å². The van der Waals surface area contributed by atoms with Gasteiger partial charge in [-0.25, -0.2) is 9.48 Å². The maximum atomic E-state index is 11.3. The van der Waals surface area contributed by atoms with Crippen LogP contribution in [0.1, 0.15) is 76.1 Å². The van der Waals surface area contributed by atoms with Crippen molar-refractivity contribution in [1.29, 1.82) is 0 Å². The smallest absolute Gasteiger partial charge is 0.358 e. The van der Waals surface area contributed by atoms with Crippen LogP contribution in [0.5, 0.6) is 0 Å². The third-order valence-electron chi connectivity index (χ3n) is 3.80. The minimum atomic E-state index is -1.03. The average molecular weight is 281 g/mol. The molecule has 1 aliphatic rings. The lowest BCUT2D eigenvalue weighted by Gasteiger charge is -2.28. The number of ether oxygens (including phenoxy) is 1. The molecule has 0 bridgehead atoms. The van der Waals surface area contributed by atoms with Crippen LogP contribution in [0, 0.1) is 0 Å². The zero-order valence-electron chi connectivity index (χ0n) is 13.0. The maximum Gasteiger partial charge on any atom is 0.358 e. The Morgan fingerprint density at radius 3 is 2.40 bits per heavy atom. The molecule has 1 aliphatic heterocycles. The summed E-state index contributed by atoms with van der Waals surface area (Å²) in [6.07, 6.45) is 0.780. The summed E-state index contributed by atoms with van der Waals surface area (Å²) in [6, 6.07) is -0.0181. The highest BCUT2D eigenvalue weighted by Crippen LogP contribution is 2.45. The predicted molar refractivity (Wildman–Crippen MR) is 74.0 cm³/mol. The van der Waals surface area contributed by atoms with Gasteiger partial charge in [0.15, 0.2) is 5.69 Å². The van der Waals surface area contributed by atoms with Crippen LogP contribution < -0.4 is 0 Å². The summed E-state index contributed by atoms with van der Waals surface area (Å²) in [5, 5.41) is 17.2. The normalized spacial score (nSPS) is 24.2. The van der Waals surface area contributed by atoms with Gasteiger partial charge in [-0.2, -0.15) is 0 Å². The molecule has 0 saturated carbocycles. The van der Waals surface area contributed by atoms with E-state index in [1.165, 1.54) is 0 Å². The fraction of sp³-hybridized carbons (Fsp3) is 0.786. The third kappa shape index (κ3) is 2.44. The molecule has 0 aromatic carbocycles. The second-order valence-electron chi connectivity index (χ2n) is 6.91. The van der Waals surface area contributed by atoms with Gasteiger partial charge in [0.2, 0.25) is 0 Å². The first-order valence-corrected chi connectivity index (χ1v) is 6.94. The van der Waals surface area contributed by atoms with Crippen LogP contribution in [0.25, 0.3) is 0 Å². The first-order valence-electron chi connectivity index (χ1n) is 6.94. The Hall–Kier alpha value is -1.43. The van der Waals surface area contributed by atoms with Crippen molar-refractivity contribution in [3.05, 3.63) is 11.4 Å². The van der Waals surface area contributed by atoms with Crippen molar-refractivity contribution in [3.8, 4) is 0 Å². The Balaban J connectivity index is 2.51. The molecule has 6 heteroatoms. The van der Waals surface area contributed by atoms with Crippen LogP contribution in [-0.2, 0) is 4.74 Å². The van der Waals surface area contributed by atoms with Crippen molar-refractivity contribution < 1.29 is 14.6 Å². The molecular weight excluding hydrogens is 258 g/mol. The minimum absolute atomic E-state index is 0.0181. The number of aromatic carboxylic acids is 1. The number of nitrogens with zero attached hydrogens (tertiary/aromatic N) is 3. The van der Waals surface area contributed by atoms with Crippen LogP contribution in [0.15, 0.2) is 0 Å². The molecule has 20 heavy (non-hydrogen) atoms. The molecule has 0 amide bonds. The number of aromatic nitrogens is 3. The Morgan fingerprint density at radius 1 is 1.40 bits per heavy atom. The molecule has 0 radical (unpaired) electrons. The Labute approximate surface area is 119 Å². The number of rotatable bonds is 3. The van der Waals surface area contributed by atoms with E-state index in [1.54, 1.807) is 4.68 Å². The van der Waals surface area contributed by atoms with E-state index in [2.05, 4.69) is 10.3 Å². The molecule has 1 fully saturated rings. The highest BCUT2D eigenvalue weighted by Gasteiger charge is 2.48. The topological polar surface area (TPSA) is 77.2 Å². The molecule has 6 nitrogen and oxygen atoms in total. The van der Waals surface area contributed by atoms with E-state index >= 15 is 0 Å². The van der Waals surface area contributed by atoms with Gasteiger partial charge in [0.1, 0.15) is 0 Å². The average Bonchev–Trinajstić information content (AvgIpc) is 2.75. The molecular formula is C14H23N3O3. The van der Waals surface area contributed by atoms with E-state index in [9.17, 15) is 9.90 Å². The summed E-state index contributed by atoms with van der Waals surface area (Å²) in [6.45, 7) is 12.0. The fourth-order valence-corrected chi connectivity index (χ4v) is 3.14. The highest BCUT2D eigenvalue weighted by molar-refractivity contribution is 5.86. The van der Waals surface area contributed by atoms with Crippen molar-refractivity contribution in [2.45, 2.75) is 71.1 Å². The molecule has 1 aromatic rings. The number of carbonyl (C=O) groups is 1. The zero-order chi connectivity index (χ0) is 15.3. The van der Waals surface area contributed by atoms with Crippen molar-refractivity contribution in [2.24, 2.45) is 0 Å². The number of carboxylic acid groups (broad SMARTS) is 1. The van der Waals surface area contributed by atoms with E-state index in [4.69, 9.17) is 4.74 Å². The molecule has 112 valence electrons. The fourth-order valence-electron chi connectivity index (χ4n) is 3.14. The summed E-state index contributed by atoms with van der Waals surface area (Å²) < 4.78 is 7.82. The van der Waals surface area contributed by atoms with Crippen molar-refractivity contribution in [2.75, 3.05) is 0 Å². The minimum Gasteiger partial charge on any atom is -0.476 e. The first-order chi connectivity index (χ1) is 9.05. The summed E-state index contributed by atoms with van der Waals surface area (Å²) in [7, 11) is 0. The van der Waals surface area contributed by atoms with Crippen LogP contribution in [0.4, 0.5) is 0 Å². The molecule has 2 heterocycles. The van der Waals surface area contributed by atoms with Crippen LogP contribution in [-0.4, -0.2) is 37.3 Å². The summed E-state index contributed by atoms with van der Waals surface area (Å²) in [4.78, 5) is 11.3. The molecule has 0 aliphatic carbocycles. The summed E-state index contributed by atoms with van der Waals surface area (Å²) in [5.41, 5.74) is 0.0475. The van der Waals surface area contributed by atoms with Gasteiger partial charge >= 0.3 is 5.97 Å². The van der Waals surface area contributed by atoms with Gasteiger partial charge in [-0.3, -0.25) is 0 Å². The molecule has 0 spiro atoms.